The lowest BCUT2D eigenvalue weighted by Crippen LogP contribution is -2.42. The van der Waals surface area contributed by atoms with E-state index in [1.165, 1.54) is 0 Å². The second-order valence-corrected chi connectivity index (χ2v) is 5.23. The van der Waals surface area contributed by atoms with Gasteiger partial charge < -0.3 is 9.64 Å². The molecule has 2 aliphatic heterocycles. The molecule has 4 heteroatoms. The molecule has 2 fully saturated rings. The fraction of sp³-hybridized carbons (Fsp3) is 0.500. The molecule has 3 rings (SSSR count). The monoisotopic (exact) mass is 262 g/mol. The van der Waals surface area contributed by atoms with E-state index >= 15 is 0 Å². The Kier molecular flexibility index (Phi) is 3.15. The number of rotatable bonds is 2. The maximum Gasteiger partial charge on any atom is 0.101 e. The minimum atomic E-state index is 0.336. The van der Waals surface area contributed by atoms with Crippen molar-refractivity contribution in [1.29, 1.82) is 5.26 Å². The standard InChI is InChI=1S/C14H15ClN2O/c15-6-10-1-4-14(11(5-10)7-16)17-8-12-2-3-13(9-17)18-12/h1,4-5,12-13H,2-3,6,8-9H2. The van der Waals surface area contributed by atoms with E-state index in [1.807, 2.05) is 18.2 Å². The van der Waals surface area contributed by atoms with Gasteiger partial charge >= 0.3 is 0 Å². The van der Waals surface area contributed by atoms with Crippen molar-refractivity contribution in [3.63, 3.8) is 0 Å². The van der Waals surface area contributed by atoms with Gasteiger partial charge in [-0.1, -0.05) is 6.07 Å². The molecule has 2 unspecified atom stereocenters. The van der Waals surface area contributed by atoms with Crippen LogP contribution < -0.4 is 4.90 Å². The van der Waals surface area contributed by atoms with Gasteiger partial charge in [-0.05, 0) is 30.5 Å². The molecule has 0 aliphatic carbocycles. The minimum Gasteiger partial charge on any atom is -0.371 e. The first-order chi connectivity index (χ1) is 8.80. The summed E-state index contributed by atoms with van der Waals surface area (Å²) < 4.78 is 5.82. The number of nitriles is 1. The number of nitrogens with zero attached hydrogens (tertiary/aromatic N) is 2. The van der Waals surface area contributed by atoms with Crippen molar-refractivity contribution in [2.75, 3.05) is 18.0 Å². The van der Waals surface area contributed by atoms with Gasteiger partial charge in [-0.3, -0.25) is 0 Å². The van der Waals surface area contributed by atoms with Gasteiger partial charge in [-0.25, -0.2) is 0 Å². The number of halogens is 1. The average Bonchev–Trinajstić information content (AvgIpc) is 2.76. The van der Waals surface area contributed by atoms with Gasteiger partial charge in [0.15, 0.2) is 0 Å². The zero-order chi connectivity index (χ0) is 12.5. The first-order valence-corrected chi connectivity index (χ1v) is 6.83. The fourth-order valence-corrected chi connectivity index (χ4v) is 3.01. The third kappa shape index (κ3) is 2.07. The van der Waals surface area contributed by atoms with E-state index in [0.29, 0.717) is 18.1 Å². The van der Waals surface area contributed by atoms with E-state index in [9.17, 15) is 5.26 Å². The van der Waals surface area contributed by atoms with Gasteiger partial charge in [-0.2, -0.15) is 5.26 Å². The highest BCUT2D eigenvalue weighted by molar-refractivity contribution is 6.17. The van der Waals surface area contributed by atoms with Crippen LogP contribution in [0.2, 0.25) is 0 Å². The van der Waals surface area contributed by atoms with Crippen LogP contribution in [0.25, 0.3) is 0 Å². The molecular formula is C14H15ClN2O. The summed E-state index contributed by atoms with van der Waals surface area (Å²) in [5, 5.41) is 9.27. The molecule has 2 atom stereocenters. The maximum absolute atomic E-state index is 9.27. The predicted octanol–water partition coefficient (Wildman–Crippen LogP) is 2.66. The number of hydrogen-bond donors (Lipinski definition) is 0. The van der Waals surface area contributed by atoms with Gasteiger partial charge in [0.05, 0.1) is 23.5 Å². The Morgan fingerprint density at radius 3 is 2.67 bits per heavy atom. The highest BCUT2D eigenvalue weighted by atomic mass is 35.5. The molecule has 0 spiro atoms. The smallest absolute Gasteiger partial charge is 0.101 e. The van der Waals surface area contributed by atoms with Crippen molar-refractivity contribution in [1.82, 2.24) is 0 Å². The molecule has 2 heterocycles. The van der Waals surface area contributed by atoms with E-state index in [2.05, 4.69) is 11.0 Å². The summed E-state index contributed by atoms with van der Waals surface area (Å²) in [5.41, 5.74) is 2.73. The second kappa shape index (κ2) is 4.79. The van der Waals surface area contributed by atoms with E-state index < -0.39 is 0 Å². The molecule has 2 bridgehead atoms. The first-order valence-electron chi connectivity index (χ1n) is 6.29. The Bertz CT molecular complexity index is 485. The Labute approximate surface area is 112 Å². The first kappa shape index (κ1) is 11.8. The predicted molar refractivity (Wildman–Crippen MR) is 70.8 cm³/mol. The topological polar surface area (TPSA) is 36.3 Å². The Hall–Kier alpha value is -1.24. The van der Waals surface area contributed by atoms with Crippen molar-refractivity contribution >= 4 is 17.3 Å². The lowest BCUT2D eigenvalue weighted by molar-refractivity contribution is 0.0305. The Balaban J connectivity index is 1.90. The SMILES string of the molecule is N#Cc1cc(CCl)ccc1N1CC2CCC(C1)O2. The minimum absolute atomic E-state index is 0.336. The van der Waals surface area contributed by atoms with E-state index in [1.54, 1.807) is 0 Å². The van der Waals surface area contributed by atoms with Gasteiger partial charge in [-0.15, -0.1) is 11.6 Å². The summed E-state index contributed by atoms with van der Waals surface area (Å²) in [6, 6.07) is 8.18. The summed E-state index contributed by atoms with van der Waals surface area (Å²) in [4.78, 5) is 2.28. The number of hydrogen-bond acceptors (Lipinski definition) is 3. The highest BCUT2D eigenvalue weighted by Crippen LogP contribution is 2.31. The largest absolute Gasteiger partial charge is 0.371 e. The van der Waals surface area contributed by atoms with Crippen molar-refractivity contribution in [3.8, 4) is 6.07 Å². The van der Waals surface area contributed by atoms with Crippen LogP contribution in [0.15, 0.2) is 18.2 Å². The van der Waals surface area contributed by atoms with Crippen LogP contribution in [0.3, 0.4) is 0 Å². The third-order valence-corrected chi connectivity index (χ3v) is 4.03. The quantitative estimate of drug-likeness (QED) is 0.769. The third-order valence-electron chi connectivity index (χ3n) is 3.72. The number of anilines is 1. The van der Waals surface area contributed by atoms with Gasteiger partial charge in [0.1, 0.15) is 6.07 Å². The molecule has 0 saturated carbocycles. The number of alkyl halides is 1. The highest BCUT2D eigenvalue weighted by Gasteiger charge is 2.34. The summed E-state index contributed by atoms with van der Waals surface area (Å²) in [7, 11) is 0. The van der Waals surface area contributed by atoms with Crippen LogP contribution in [0.1, 0.15) is 24.0 Å². The molecule has 2 saturated heterocycles. The molecule has 1 aromatic carbocycles. The van der Waals surface area contributed by atoms with Crippen molar-refractivity contribution in [2.45, 2.75) is 30.9 Å². The average molecular weight is 263 g/mol. The van der Waals surface area contributed by atoms with Crippen LogP contribution in [-0.4, -0.2) is 25.3 Å². The Morgan fingerprint density at radius 2 is 2.06 bits per heavy atom. The molecular weight excluding hydrogens is 248 g/mol. The van der Waals surface area contributed by atoms with Crippen LogP contribution in [0, 0.1) is 11.3 Å². The van der Waals surface area contributed by atoms with Crippen molar-refractivity contribution in [2.24, 2.45) is 0 Å². The normalized spacial score (nSPS) is 26.1. The van der Waals surface area contributed by atoms with Crippen LogP contribution in [0.4, 0.5) is 5.69 Å². The number of morpholine rings is 1. The molecule has 1 aromatic rings. The lowest BCUT2D eigenvalue weighted by Gasteiger charge is -2.34. The summed E-state index contributed by atoms with van der Waals surface area (Å²) in [6.45, 7) is 1.79. The lowest BCUT2D eigenvalue weighted by atomic mass is 10.1. The molecule has 3 nitrogen and oxygen atoms in total. The fourth-order valence-electron chi connectivity index (χ4n) is 2.84. The summed E-state index contributed by atoms with van der Waals surface area (Å²) in [5.74, 6) is 0.448. The zero-order valence-corrected chi connectivity index (χ0v) is 10.9. The maximum atomic E-state index is 9.27. The van der Waals surface area contributed by atoms with Crippen molar-refractivity contribution in [3.05, 3.63) is 29.3 Å². The molecule has 0 aromatic heterocycles. The van der Waals surface area contributed by atoms with E-state index in [4.69, 9.17) is 16.3 Å². The molecule has 0 radical (unpaired) electrons. The van der Waals surface area contributed by atoms with Gasteiger partial charge in [0.2, 0.25) is 0 Å². The summed E-state index contributed by atoms with van der Waals surface area (Å²) in [6.07, 6.45) is 2.96. The molecule has 0 amide bonds. The zero-order valence-electron chi connectivity index (χ0n) is 10.1. The molecule has 0 N–H and O–H groups in total. The van der Waals surface area contributed by atoms with Crippen LogP contribution in [-0.2, 0) is 10.6 Å². The van der Waals surface area contributed by atoms with Gasteiger partial charge in [0.25, 0.3) is 0 Å². The van der Waals surface area contributed by atoms with E-state index in [0.717, 1.165) is 42.7 Å². The number of benzene rings is 1. The number of ether oxygens (including phenoxy) is 1. The molecule has 18 heavy (non-hydrogen) atoms. The summed E-state index contributed by atoms with van der Waals surface area (Å²) >= 11 is 5.81. The van der Waals surface area contributed by atoms with E-state index in [-0.39, 0.29) is 0 Å². The van der Waals surface area contributed by atoms with Crippen LogP contribution in [0.5, 0.6) is 0 Å². The second-order valence-electron chi connectivity index (χ2n) is 4.96. The van der Waals surface area contributed by atoms with Gasteiger partial charge in [0, 0.05) is 19.0 Å². The molecule has 94 valence electrons. The number of fused-ring (bicyclic) bond motifs is 2. The van der Waals surface area contributed by atoms with Crippen LogP contribution >= 0.6 is 11.6 Å². The molecule has 2 aliphatic rings. The Morgan fingerprint density at radius 1 is 1.33 bits per heavy atom. The van der Waals surface area contributed by atoms with Crippen molar-refractivity contribution < 1.29 is 4.74 Å².